The summed E-state index contributed by atoms with van der Waals surface area (Å²) in [6.45, 7) is 3.65. The molecule has 1 unspecified atom stereocenters. The number of benzene rings is 1. The second kappa shape index (κ2) is 10.9. The quantitative estimate of drug-likeness (QED) is 0.340. The third-order valence-corrected chi connectivity index (χ3v) is 5.29. The number of hydrogen-bond donors (Lipinski definition) is 3. The largest absolute Gasteiger partial charge is 0.384 e. The van der Waals surface area contributed by atoms with Crippen molar-refractivity contribution in [3.63, 3.8) is 0 Å². The Balaban J connectivity index is 1.52. The van der Waals surface area contributed by atoms with Crippen molar-refractivity contribution in [2.24, 2.45) is 0 Å². The molecule has 10 heteroatoms. The zero-order chi connectivity index (χ0) is 23.1. The molecule has 0 radical (unpaired) electrons. The van der Waals surface area contributed by atoms with Crippen molar-refractivity contribution in [3.05, 3.63) is 29.3 Å². The molecule has 1 aromatic carbocycles. The fourth-order valence-electron chi connectivity index (χ4n) is 3.72. The van der Waals surface area contributed by atoms with Crippen LogP contribution in [0.3, 0.4) is 0 Å². The Morgan fingerprint density at radius 1 is 1.16 bits per heavy atom. The van der Waals surface area contributed by atoms with Gasteiger partial charge in [0.1, 0.15) is 12.6 Å². The van der Waals surface area contributed by atoms with Crippen molar-refractivity contribution >= 4 is 35.2 Å². The SMILES string of the molecule is CCCOCC(=O)NCCCCNc1cccc2c1C(=O)N(C1CCC(=O)NC1=O)C2=O. The zero-order valence-electron chi connectivity index (χ0n) is 18.1. The van der Waals surface area contributed by atoms with Gasteiger partial charge in [-0.1, -0.05) is 13.0 Å². The normalized spacial score (nSPS) is 17.9. The Kier molecular flexibility index (Phi) is 7.93. The minimum absolute atomic E-state index is 0.0576. The first-order valence-corrected chi connectivity index (χ1v) is 10.9. The molecule has 172 valence electrons. The molecule has 5 amide bonds. The van der Waals surface area contributed by atoms with Crippen LogP contribution >= 0.6 is 0 Å². The van der Waals surface area contributed by atoms with E-state index in [-0.39, 0.29) is 36.5 Å². The molecule has 3 N–H and O–H groups in total. The van der Waals surface area contributed by atoms with Crippen molar-refractivity contribution < 1.29 is 28.7 Å². The second-order valence-corrected chi connectivity index (χ2v) is 7.71. The Labute approximate surface area is 186 Å². The van der Waals surface area contributed by atoms with E-state index in [1.807, 2.05) is 6.92 Å². The highest BCUT2D eigenvalue weighted by molar-refractivity contribution is 6.25. The average molecular weight is 444 g/mol. The van der Waals surface area contributed by atoms with Crippen molar-refractivity contribution in [2.45, 2.75) is 45.1 Å². The summed E-state index contributed by atoms with van der Waals surface area (Å²) >= 11 is 0. The Morgan fingerprint density at radius 3 is 2.69 bits per heavy atom. The summed E-state index contributed by atoms with van der Waals surface area (Å²) in [4.78, 5) is 62.0. The van der Waals surface area contributed by atoms with Crippen LogP contribution in [0, 0.1) is 0 Å². The molecule has 0 spiro atoms. The van der Waals surface area contributed by atoms with Crippen LogP contribution in [-0.4, -0.2) is 66.8 Å². The lowest BCUT2D eigenvalue weighted by molar-refractivity contribution is -0.136. The maximum absolute atomic E-state index is 13.0. The van der Waals surface area contributed by atoms with E-state index in [1.165, 1.54) is 0 Å². The maximum Gasteiger partial charge on any atom is 0.264 e. The van der Waals surface area contributed by atoms with E-state index in [2.05, 4.69) is 16.0 Å². The Hall–Kier alpha value is -3.27. The lowest BCUT2D eigenvalue weighted by atomic mass is 10.0. The van der Waals surface area contributed by atoms with Gasteiger partial charge in [0.2, 0.25) is 17.7 Å². The second-order valence-electron chi connectivity index (χ2n) is 7.71. The number of anilines is 1. The van der Waals surface area contributed by atoms with E-state index < -0.39 is 29.7 Å². The molecular weight excluding hydrogens is 416 g/mol. The Bertz CT molecular complexity index is 916. The molecule has 0 saturated carbocycles. The predicted octanol–water partition coefficient (Wildman–Crippen LogP) is 0.823. The summed E-state index contributed by atoms with van der Waals surface area (Å²) in [5, 5.41) is 8.15. The summed E-state index contributed by atoms with van der Waals surface area (Å²) in [5.74, 6) is -2.26. The average Bonchev–Trinajstić information content (AvgIpc) is 3.02. The van der Waals surface area contributed by atoms with Crippen molar-refractivity contribution in [3.8, 4) is 0 Å². The van der Waals surface area contributed by atoms with E-state index in [4.69, 9.17) is 4.74 Å². The van der Waals surface area contributed by atoms with Gasteiger partial charge in [-0.05, 0) is 37.8 Å². The number of amides is 5. The molecule has 1 saturated heterocycles. The van der Waals surface area contributed by atoms with Gasteiger partial charge in [0.25, 0.3) is 11.8 Å². The molecule has 10 nitrogen and oxygen atoms in total. The van der Waals surface area contributed by atoms with E-state index in [0.717, 1.165) is 24.2 Å². The molecule has 1 aromatic rings. The Morgan fingerprint density at radius 2 is 1.94 bits per heavy atom. The first-order chi connectivity index (χ1) is 15.4. The van der Waals surface area contributed by atoms with Crippen LogP contribution in [-0.2, 0) is 19.1 Å². The van der Waals surface area contributed by atoms with Crippen molar-refractivity contribution in [1.82, 2.24) is 15.5 Å². The van der Waals surface area contributed by atoms with Crippen molar-refractivity contribution in [1.29, 1.82) is 0 Å². The molecule has 0 aromatic heterocycles. The third kappa shape index (κ3) is 5.31. The van der Waals surface area contributed by atoms with Crippen molar-refractivity contribution in [2.75, 3.05) is 31.6 Å². The smallest absolute Gasteiger partial charge is 0.264 e. The molecule has 0 aliphatic carbocycles. The fraction of sp³-hybridized carbons (Fsp3) is 0.500. The van der Waals surface area contributed by atoms with E-state index >= 15 is 0 Å². The molecular formula is C22H28N4O6. The van der Waals surface area contributed by atoms with Gasteiger partial charge in [0.05, 0.1) is 11.1 Å². The van der Waals surface area contributed by atoms with Crippen LogP contribution in [0.15, 0.2) is 18.2 Å². The zero-order valence-corrected chi connectivity index (χ0v) is 18.1. The summed E-state index contributed by atoms with van der Waals surface area (Å²) in [6.07, 6.45) is 2.53. The van der Waals surface area contributed by atoms with Crippen LogP contribution in [0.25, 0.3) is 0 Å². The lowest BCUT2D eigenvalue weighted by Gasteiger charge is -2.27. The monoisotopic (exact) mass is 444 g/mol. The van der Waals surface area contributed by atoms with Gasteiger partial charge in [-0.25, -0.2) is 0 Å². The summed E-state index contributed by atoms with van der Waals surface area (Å²) in [6, 6.07) is 3.96. The maximum atomic E-state index is 13.0. The van der Waals surface area contributed by atoms with Crippen LogP contribution in [0.5, 0.6) is 0 Å². The van der Waals surface area contributed by atoms with Gasteiger partial charge in [0, 0.05) is 31.8 Å². The molecule has 0 bridgehead atoms. The number of ether oxygens (including phenoxy) is 1. The number of nitrogens with zero attached hydrogens (tertiary/aromatic N) is 1. The number of nitrogens with one attached hydrogen (secondary N) is 3. The van der Waals surface area contributed by atoms with E-state index in [0.29, 0.717) is 25.4 Å². The first-order valence-electron chi connectivity index (χ1n) is 10.9. The van der Waals surface area contributed by atoms with Crippen LogP contribution in [0.2, 0.25) is 0 Å². The first kappa shape index (κ1) is 23.4. The van der Waals surface area contributed by atoms with Gasteiger partial charge >= 0.3 is 0 Å². The molecule has 2 aliphatic rings. The number of piperidine rings is 1. The molecule has 2 heterocycles. The van der Waals surface area contributed by atoms with Gasteiger partial charge in [0.15, 0.2) is 0 Å². The minimum Gasteiger partial charge on any atom is -0.384 e. The molecule has 1 fully saturated rings. The number of carbonyl (C=O) groups excluding carboxylic acids is 5. The predicted molar refractivity (Wildman–Crippen MR) is 115 cm³/mol. The highest BCUT2D eigenvalue weighted by atomic mass is 16.5. The highest BCUT2D eigenvalue weighted by Crippen LogP contribution is 2.32. The number of hydrogen-bond acceptors (Lipinski definition) is 7. The topological polar surface area (TPSA) is 134 Å². The molecule has 1 atom stereocenters. The van der Waals surface area contributed by atoms with E-state index in [1.54, 1.807) is 18.2 Å². The highest BCUT2D eigenvalue weighted by Gasteiger charge is 2.45. The standard InChI is InChI=1S/C22H28N4O6/c1-2-12-32-13-18(28)24-11-4-3-10-23-15-7-5-6-14-19(15)22(31)26(21(14)30)16-8-9-17(27)25-20(16)29/h5-7,16,23H,2-4,8-13H2,1H3,(H,24,28)(H,25,27,29). The van der Waals surface area contributed by atoms with E-state index in [9.17, 15) is 24.0 Å². The molecule has 32 heavy (non-hydrogen) atoms. The number of unbranched alkanes of at least 4 members (excludes halogenated alkanes) is 1. The number of carbonyl (C=O) groups is 5. The van der Waals surface area contributed by atoms with Gasteiger partial charge < -0.3 is 15.4 Å². The summed E-state index contributed by atoms with van der Waals surface area (Å²) in [7, 11) is 0. The fourth-order valence-corrected chi connectivity index (χ4v) is 3.72. The van der Waals surface area contributed by atoms with Gasteiger partial charge in [-0.15, -0.1) is 0 Å². The van der Waals surface area contributed by atoms with Gasteiger partial charge in [-0.2, -0.15) is 0 Å². The summed E-state index contributed by atoms with van der Waals surface area (Å²) < 4.78 is 5.18. The van der Waals surface area contributed by atoms with Gasteiger partial charge in [-0.3, -0.25) is 34.2 Å². The minimum atomic E-state index is -0.988. The number of fused-ring (bicyclic) bond motifs is 1. The third-order valence-electron chi connectivity index (χ3n) is 5.29. The summed E-state index contributed by atoms with van der Waals surface area (Å²) in [5.41, 5.74) is 1.00. The van der Waals surface area contributed by atoms with Crippen LogP contribution in [0.4, 0.5) is 5.69 Å². The number of imide groups is 2. The van der Waals surface area contributed by atoms with Crippen LogP contribution in [0.1, 0.15) is 59.7 Å². The lowest BCUT2D eigenvalue weighted by Crippen LogP contribution is -2.54. The number of rotatable bonds is 11. The molecule has 2 aliphatic heterocycles. The molecule has 3 rings (SSSR count). The van der Waals surface area contributed by atoms with Crippen LogP contribution < -0.4 is 16.0 Å².